The lowest BCUT2D eigenvalue weighted by molar-refractivity contribution is 0.0387. The molecule has 0 amide bonds. The molecule has 0 saturated heterocycles. The summed E-state index contributed by atoms with van der Waals surface area (Å²) in [6.07, 6.45) is 0. The summed E-state index contributed by atoms with van der Waals surface area (Å²) >= 11 is 0. The first kappa shape index (κ1) is 37.0. The summed E-state index contributed by atoms with van der Waals surface area (Å²) in [6, 6.07) is 10.4. The molecule has 2 aromatic carbocycles. The van der Waals surface area contributed by atoms with Crippen molar-refractivity contribution >= 4 is 0 Å². The van der Waals surface area contributed by atoms with Crippen molar-refractivity contribution in [2.45, 2.75) is 26.4 Å². The molecule has 0 heterocycles. The summed E-state index contributed by atoms with van der Waals surface area (Å²) in [4.78, 5) is 2.61. The number of hydrogen-bond acceptors (Lipinski definition) is 12. The van der Waals surface area contributed by atoms with Gasteiger partial charge in [-0.3, -0.25) is 0 Å². The maximum absolute atomic E-state index is 9.13. The van der Waals surface area contributed by atoms with Crippen LogP contribution in [-0.2, 0) is 45.4 Å². The van der Waals surface area contributed by atoms with Gasteiger partial charge in [0.2, 0.25) is 0 Å². The molecule has 0 spiro atoms. The monoisotopic (exact) mass is 596 g/mol. The predicted molar refractivity (Wildman–Crippen MR) is 154 cm³/mol. The summed E-state index contributed by atoms with van der Waals surface area (Å²) in [5.74, 6) is 1.20. The summed E-state index contributed by atoms with van der Waals surface area (Å²) in [5.41, 5.74) is 16.1. The van der Waals surface area contributed by atoms with Crippen LogP contribution >= 0.6 is 0 Å². The van der Waals surface area contributed by atoms with Crippen molar-refractivity contribution < 1.29 is 48.8 Å². The maximum Gasteiger partial charge on any atom is 0.120 e. The maximum atomic E-state index is 9.13. The van der Waals surface area contributed by atoms with Crippen LogP contribution in [0, 0.1) is 0 Å². The molecule has 0 radical (unpaired) electrons. The molecule has 0 aliphatic heterocycles. The minimum Gasteiger partial charge on any atom is -0.491 e. The highest BCUT2D eigenvalue weighted by atomic mass is 16.5. The van der Waals surface area contributed by atoms with Crippen LogP contribution in [0.25, 0.3) is 10.4 Å². The number of ether oxygens (including phenoxy) is 6. The fourth-order valence-corrected chi connectivity index (χ4v) is 3.30. The van der Waals surface area contributed by atoms with Gasteiger partial charge < -0.3 is 54.6 Å². The molecular formula is C28H44N4O10. The van der Waals surface area contributed by atoms with E-state index in [1.165, 1.54) is 0 Å². The number of rotatable bonds is 23. The molecule has 2 aromatic rings. The Bertz CT molecular complexity index is 964. The SMILES string of the molecule is NCCOCCOCCOc1cc(CO)cc(CO)c1.[N-]=[N+]=NCCOCCOCCOc1cc(CO)cc(CO)c1. The van der Waals surface area contributed by atoms with E-state index in [-0.39, 0.29) is 26.4 Å². The highest BCUT2D eigenvalue weighted by Crippen LogP contribution is 2.18. The molecule has 6 N–H and O–H groups in total. The van der Waals surface area contributed by atoms with E-state index in [1.54, 1.807) is 36.4 Å². The van der Waals surface area contributed by atoms with Gasteiger partial charge in [-0.25, -0.2) is 0 Å². The van der Waals surface area contributed by atoms with Gasteiger partial charge in [-0.15, -0.1) is 0 Å². The topological polar surface area (TPSA) is 211 Å². The van der Waals surface area contributed by atoms with Gasteiger partial charge in [0.1, 0.15) is 24.7 Å². The van der Waals surface area contributed by atoms with Crippen LogP contribution < -0.4 is 15.2 Å². The van der Waals surface area contributed by atoms with Crippen LogP contribution in [0.1, 0.15) is 22.3 Å². The molecule has 0 bridgehead atoms. The van der Waals surface area contributed by atoms with Crippen molar-refractivity contribution in [3.8, 4) is 11.5 Å². The zero-order valence-electron chi connectivity index (χ0n) is 23.9. The van der Waals surface area contributed by atoms with Crippen molar-refractivity contribution in [3.63, 3.8) is 0 Å². The lowest BCUT2D eigenvalue weighted by Gasteiger charge is -2.10. The first-order chi connectivity index (χ1) is 20.6. The molecular weight excluding hydrogens is 552 g/mol. The Kier molecular flexibility index (Phi) is 22.6. The first-order valence-electron chi connectivity index (χ1n) is 13.6. The second-order valence-electron chi connectivity index (χ2n) is 8.49. The van der Waals surface area contributed by atoms with Crippen LogP contribution in [0.2, 0.25) is 0 Å². The Morgan fingerprint density at radius 2 is 0.905 bits per heavy atom. The van der Waals surface area contributed by atoms with Gasteiger partial charge in [-0.2, -0.15) is 0 Å². The molecule has 0 aliphatic carbocycles. The minimum atomic E-state index is -0.103. The molecule has 0 unspecified atom stereocenters. The van der Waals surface area contributed by atoms with Crippen LogP contribution in [0.3, 0.4) is 0 Å². The third-order valence-electron chi connectivity index (χ3n) is 5.18. The molecule has 2 rings (SSSR count). The second-order valence-corrected chi connectivity index (χ2v) is 8.49. The second kappa shape index (κ2) is 25.7. The lowest BCUT2D eigenvalue weighted by atomic mass is 10.1. The minimum absolute atomic E-state index is 0.0841. The Morgan fingerprint density at radius 3 is 1.26 bits per heavy atom. The fourth-order valence-electron chi connectivity index (χ4n) is 3.30. The van der Waals surface area contributed by atoms with E-state index in [2.05, 4.69) is 10.0 Å². The molecule has 0 aliphatic rings. The number of azide groups is 1. The van der Waals surface area contributed by atoms with E-state index >= 15 is 0 Å². The fraction of sp³-hybridized carbons (Fsp3) is 0.571. The molecule has 14 nitrogen and oxygen atoms in total. The van der Waals surface area contributed by atoms with Crippen LogP contribution in [-0.4, -0.2) is 99.6 Å². The van der Waals surface area contributed by atoms with E-state index in [0.29, 0.717) is 113 Å². The smallest absolute Gasteiger partial charge is 0.120 e. The van der Waals surface area contributed by atoms with E-state index in [1.807, 2.05) is 0 Å². The summed E-state index contributed by atoms with van der Waals surface area (Å²) < 4.78 is 32.0. The molecule has 0 saturated carbocycles. The standard InChI is InChI=1S/C14H21N3O5.C14H23NO5/c15-17-16-1-2-20-3-4-21-5-6-22-14-8-12(10-18)7-13(9-14)11-19;15-1-2-18-3-4-19-5-6-20-14-8-12(10-16)7-13(9-14)11-17/h7-9,18-19H,1-6,10-11H2;7-9,16-17H,1-6,10-11,15H2. The van der Waals surface area contributed by atoms with Gasteiger partial charge >= 0.3 is 0 Å². The number of hydrogen-bond donors (Lipinski definition) is 5. The van der Waals surface area contributed by atoms with Gasteiger partial charge in [0.05, 0.1) is 79.3 Å². The summed E-state index contributed by atoms with van der Waals surface area (Å²) in [6.45, 7) is 4.85. The van der Waals surface area contributed by atoms with Crippen molar-refractivity contribution in [2.75, 3.05) is 79.2 Å². The predicted octanol–water partition coefficient (Wildman–Crippen LogP) is 1.44. The number of nitrogens with zero attached hydrogens (tertiary/aromatic N) is 3. The number of aliphatic hydroxyl groups excluding tert-OH is 4. The van der Waals surface area contributed by atoms with E-state index < -0.39 is 0 Å². The van der Waals surface area contributed by atoms with Crippen molar-refractivity contribution in [3.05, 3.63) is 69.1 Å². The Morgan fingerprint density at radius 1 is 0.548 bits per heavy atom. The molecule has 0 fully saturated rings. The summed E-state index contributed by atoms with van der Waals surface area (Å²) in [7, 11) is 0. The normalized spacial score (nSPS) is 10.5. The van der Waals surface area contributed by atoms with Gasteiger partial charge in [0, 0.05) is 18.0 Å². The quantitative estimate of drug-likeness (QED) is 0.0536. The highest BCUT2D eigenvalue weighted by Gasteiger charge is 2.03. The third-order valence-corrected chi connectivity index (χ3v) is 5.18. The molecule has 14 heteroatoms. The first-order valence-corrected chi connectivity index (χ1v) is 13.6. The average molecular weight is 597 g/mol. The molecule has 42 heavy (non-hydrogen) atoms. The largest absolute Gasteiger partial charge is 0.491 e. The Hall–Kier alpha value is -3.01. The van der Waals surface area contributed by atoms with Gasteiger partial charge in [0.25, 0.3) is 0 Å². The third kappa shape index (κ3) is 18.4. The van der Waals surface area contributed by atoms with Crippen LogP contribution in [0.5, 0.6) is 11.5 Å². The number of benzene rings is 2. The van der Waals surface area contributed by atoms with Gasteiger partial charge in [-0.1, -0.05) is 17.2 Å². The van der Waals surface area contributed by atoms with E-state index in [9.17, 15) is 0 Å². The summed E-state index contributed by atoms with van der Waals surface area (Å²) in [5, 5.41) is 39.8. The lowest BCUT2D eigenvalue weighted by Crippen LogP contribution is -2.14. The van der Waals surface area contributed by atoms with Gasteiger partial charge in [0.15, 0.2) is 0 Å². The van der Waals surface area contributed by atoms with E-state index in [0.717, 1.165) is 0 Å². The Labute approximate surface area is 246 Å². The average Bonchev–Trinajstić information content (AvgIpc) is 3.03. The van der Waals surface area contributed by atoms with Crippen molar-refractivity contribution in [1.82, 2.24) is 0 Å². The number of aliphatic hydroxyl groups is 4. The Balaban J connectivity index is 0.000000422. The zero-order chi connectivity index (χ0) is 30.7. The molecule has 0 atom stereocenters. The van der Waals surface area contributed by atoms with Gasteiger partial charge in [-0.05, 0) is 52.1 Å². The van der Waals surface area contributed by atoms with Crippen LogP contribution in [0.4, 0.5) is 0 Å². The highest BCUT2D eigenvalue weighted by molar-refractivity contribution is 5.34. The zero-order valence-corrected chi connectivity index (χ0v) is 23.9. The molecule has 236 valence electrons. The molecule has 0 aromatic heterocycles. The number of nitrogens with two attached hydrogens (primary N) is 1. The van der Waals surface area contributed by atoms with Crippen LogP contribution in [0.15, 0.2) is 41.5 Å². The van der Waals surface area contributed by atoms with E-state index in [4.69, 9.17) is 60.1 Å². The van der Waals surface area contributed by atoms with Crippen molar-refractivity contribution in [1.29, 1.82) is 0 Å². The van der Waals surface area contributed by atoms with Crippen molar-refractivity contribution in [2.24, 2.45) is 10.8 Å².